The summed E-state index contributed by atoms with van der Waals surface area (Å²) in [4.78, 5) is 5.37. The summed E-state index contributed by atoms with van der Waals surface area (Å²) in [6, 6.07) is 73.1. The highest BCUT2D eigenvalue weighted by atomic mass is 16.3. The van der Waals surface area contributed by atoms with Gasteiger partial charge in [0.1, 0.15) is 5.58 Å². The van der Waals surface area contributed by atoms with E-state index < -0.39 is 0 Å². The Morgan fingerprint density at radius 2 is 0.929 bits per heavy atom. The highest BCUT2D eigenvalue weighted by molar-refractivity contribution is 6.19. The molecular formula is C53H34N2O. The van der Waals surface area contributed by atoms with Crippen LogP contribution in [0.2, 0.25) is 0 Å². The summed E-state index contributed by atoms with van der Waals surface area (Å²) in [7, 11) is 0. The zero-order valence-corrected chi connectivity index (χ0v) is 30.4. The van der Waals surface area contributed by atoms with Gasteiger partial charge in [0.15, 0.2) is 5.58 Å². The maximum absolute atomic E-state index is 6.99. The predicted molar refractivity (Wildman–Crippen MR) is 233 cm³/mol. The predicted octanol–water partition coefficient (Wildman–Crippen LogP) is 14.4. The lowest BCUT2D eigenvalue weighted by molar-refractivity contribution is 0.666. The van der Waals surface area contributed by atoms with E-state index >= 15 is 0 Å². The Hall–Kier alpha value is -7.49. The zero-order valence-electron chi connectivity index (χ0n) is 30.4. The fourth-order valence-electron chi connectivity index (χ4n) is 8.41. The summed E-state index contributed by atoms with van der Waals surface area (Å²) in [6.45, 7) is 0. The summed E-state index contributed by atoms with van der Waals surface area (Å²) in [5, 5.41) is 4.49. The van der Waals surface area contributed by atoms with Crippen LogP contribution in [0.3, 0.4) is 0 Å². The third kappa shape index (κ3) is 5.25. The van der Waals surface area contributed by atoms with Crippen molar-refractivity contribution in [1.29, 1.82) is 0 Å². The smallest absolute Gasteiger partial charge is 0.160 e. The summed E-state index contributed by atoms with van der Waals surface area (Å²) < 4.78 is 9.40. The third-order valence-electron chi connectivity index (χ3n) is 11.0. The van der Waals surface area contributed by atoms with Gasteiger partial charge in [-0.2, -0.15) is 0 Å². The molecule has 262 valence electrons. The minimum absolute atomic E-state index is 0.825. The van der Waals surface area contributed by atoms with Crippen LogP contribution < -0.4 is 0 Å². The molecule has 0 spiro atoms. The van der Waals surface area contributed by atoms with Crippen molar-refractivity contribution >= 4 is 43.7 Å². The van der Waals surface area contributed by atoms with Gasteiger partial charge in [-0.3, -0.25) is 0 Å². The van der Waals surface area contributed by atoms with Crippen LogP contribution in [0.25, 0.3) is 105 Å². The standard InChI is InChI=1S/C53H34N2O/c1-5-17-35(18-6-1)39-31-44(37-21-9-3-10-22-37)52-45(32-39)41-25-13-15-27-48(41)55(52)49-30-29-42(51-43-26-14-16-28-50(43)56-53(49)51)47-34-40(36-19-7-2-8-20-36)33-46(54-47)38-23-11-4-12-24-38/h1-34H. The Morgan fingerprint density at radius 1 is 0.375 bits per heavy atom. The lowest BCUT2D eigenvalue weighted by Crippen LogP contribution is -1.98. The molecule has 8 aromatic carbocycles. The van der Waals surface area contributed by atoms with E-state index in [9.17, 15) is 0 Å². The van der Waals surface area contributed by atoms with E-state index in [4.69, 9.17) is 9.40 Å². The normalized spacial score (nSPS) is 11.6. The van der Waals surface area contributed by atoms with Crippen molar-refractivity contribution in [3.8, 4) is 61.6 Å². The largest absolute Gasteiger partial charge is 0.454 e. The van der Waals surface area contributed by atoms with Crippen LogP contribution in [0.1, 0.15) is 0 Å². The molecule has 3 heteroatoms. The van der Waals surface area contributed by atoms with Crippen molar-refractivity contribution in [2.45, 2.75) is 0 Å². The number of pyridine rings is 1. The number of rotatable bonds is 6. The lowest BCUT2D eigenvalue weighted by Gasteiger charge is -2.16. The van der Waals surface area contributed by atoms with E-state index in [1.807, 2.05) is 12.1 Å². The SMILES string of the molecule is c1ccc(-c2cc(-c3ccccc3)nc(-c3ccc(-n4c5ccccc5c5cc(-c6ccccc6)cc(-c6ccccc6)c54)c4oc5ccccc5c34)c2)cc1. The van der Waals surface area contributed by atoms with Gasteiger partial charge in [0.25, 0.3) is 0 Å². The monoisotopic (exact) mass is 714 g/mol. The van der Waals surface area contributed by atoms with Gasteiger partial charge < -0.3 is 8.98 Å². The molecule has 0 aliphatic heterocycles. The molecule has 56 heavy (non-hydrogen) atoms. The first kappa shape index (κ1) is 32.0. The Kier molecular flexibility index (Phi) is 7.49. The van der Waals surface area contributed by atoms with Crippen molar-refractivity contribution in [2.75, 3.05) is 0 Å². The first-order chi connectivity index (χ1) is 27.8. The molecule has 0 saturated heterocycles. The van der Waals surface area contributed by atoms with E-state index in [2.05, 4.69) is 199 Å². The van der Waals surface area contributed by atoms with E-state index in [0.717, 1.165) is 83.4 Å². The number of hydrogen-bond acceptors (Lipinski definition) is 2. The molecule has 0 fully saturated rings. The van der Waals surface area contributed by atoms with Gasteiger partial charge in [-0.05, 0) is 76.3 Å². The van der Waals surface area contributed by atoms with E-state index in [1.165, 1.54) is 21.9 Å². The highest BCUT2D eigenvalue weighted by Gasteiger charge is 2.24. The Morgan fingerprint density at radius 3 is 1.62 bits per heavy atom. The molecule has 11 aromatic rings. The van der Waals surface area contributed by atoms with Crippen molar-refractivity contribution in [1.82, 2.24) is 9.55 Å². The van der Waals surface area contributed by atoms with Crippen LogP contribution in [-0.4, -0.2) is 9.55 Å². The second-order valence-corrected chi connectivity index (χ2v) is 14.3. The first-order valence-corrected chi connectivity index (χ1v) is 19.0. The fourth-order valence-corrected chi connectivity index (χ4v) is 8.41. The molecule has 0 radical (unpaired) electrons. The minimum Gasteiger partial charge on any atom is -0.454 e. The number of aromatic nitrogens is 2. The van der Waals surface area contributed by atoms with Crippen molar-refractivity contribution in [2.24, 2.45) is 0 Å². The second-order valence-electron chi connectivity index (χ2n) is 14.3. The van der Waals surface area contributed by atoms with Crippen LogP contribution in [0.5, 0.6) is 0 Å². The molecule has 0 unspecified atom stereocenters. The number of furan rings is 1. The summed E-state index contributed by atoms with van der Waals surface area (Å²) in [5.41, 5.74) is 15.8. The van der Waals surface area contributed by atoms with Gasteiger partial charge in [0.2, 0.25) is 0 Å². The van der Waals surface area contributed by atoms with Crippen molar-refractivity contribution in [3.63, 3.8) is 0 Å². The number of fused-ring (bicyclic) bond motifs is 6. The van der Waals surface area contributed by atoms with E-state index in [1.54, 1.807) is 0 Å². The van der Waals surface area contributed by atoms with Crippen LogP contribution in [0.15, 0.2) is 211 Å². The molecule has 0 N–H and O–H groups in total. The Balaban J connectivity index is 1.23. The van der Waals surface area contributed by atoms with Gasteiger partial charge in [-0.15, -0.1) is 0 Å². The summed E-state index contributed by atoms with van der Waals surface area (Å²) >= 11 is 0. The maximum Gasteiger partial charge on any atom is 0.160 e. The molecule has 3 aromatic heterocycles. The average molecular weight is 715 g/mol. The third-order valence-corrected chi connectivity index (χ3v) is 11.0. The Labute approximate surface area is 324 Å². The first-order valence-electron chi connectivity index (χ1n) is 19.0. The molecule has 3 nitrogen and oxygen atoms in total. The highest BCUT2D eigenvalue weighted by Crippen LogP contribution is 2.46. The minimum atomic E-state index is 0.825. The van der Waals surface area contributed by atoms with E-state index in [-0.39, 0.29) is 0 Å². The molecule has 0 saturated carbocycles. The van der Waals surface area contributed by atoms with Crippen LogP contribution in [0.4, 0.5) is 0 Å². The molecule has 0 amide bonds. The van der Waals surface area contributed by atoms with E-state index in [0.29, 0.717) is 0 Å². The molecule has 0 bridgehead atoms. The quantitative estimate of drug-likeness (QED) is 0.172. The van der Waals surface area contributed by atoms with Gasteiger partial charge in [-0.25, -0.2) is 4.98 Å². The zero-order chi connectivity index (χ0) is 37.0. The number of hydrogen-bond donors (Lipinski definition) is 0. The van der Waals surface area contributed by atoms with Crippen LogP contribution >= 0.6 is 0 Å². The molecule has 11 rings (SSSR count). The maximum atomic E-state index is 6.99. The summed E-state index contributed by atoms with van der Waals surface area (Å²) in [6.07, 6.45) is 0. The van der Waals surface area contributed by atoms with Gasteiger partial charge in [0.05, 0.1) is 28.1 Å². The van der Waals surface area contributed by atoms with Crippen molar-refractivity contribution < 1.29 is 4.42 Å². The topological polar surface area (TPSA) is 31.0 Å². The van der Waals surface area contributed by atoms with Gasteiger partial charge >= 0.3 is 0 Å². The van der Waals surface area contributed by atoms with Gasteiger partial charge in [0, 0.05) is 38.2 Å². The van der Waals surface area contributed by atoms with Gasteiger partial charge in [-0.1, -0.05) is 158 Å². The lowest BCUT2D eigenvalue weighted by atomic mass is 9.95. The van der Waals surface area contributed by atoms with Crippen molar-refractivity contribution in [3.05, 3.63) is 206 Å². The number of para-hydroxylation sites is 2. The molecule has 0 aliphatic carbocycles. The Bertz CT molecular complexity index is 3160. The van der Waals surface area contributed by atoms with Crippen LogP contribution in [-0.2, 0) is 0 Å². The molecule has 0 aliphatic rings. The average Bonchev–Trinajstić information content (AvgIpc) is 3.83. The fraction of sp³-hybridized carbons (Fsp3) is 0. The number of nitrogens with zero attached hydrogens (tertiary/aromatic N) is 2. The summed E-state index contributed by atoms with van der Waals surface area (Å²) in [5.74, 6) is 0. The molecule has 3 heterocycles. The van der Waals surface area contributed by atoms with Crippen LogP contribution in [0, 0.1) is 0 Å². The second kappa shape index (κ2) is 13.1. The molecular weight excluding hydrogens is 681 g/mol. The molecule has 0 atom stereocenters. The number of benzene rings is 8.